The van der Waals surface area contributed by atoms with Gasteiger partial charge in [-0.1, -0.05) is 70.2 Å². The summed E-state index contributed by atoms with van der Waals surface area (Å²) in [5.74, 6) is 1.51. The number of phenols is 1. The Hall–Kier alpha value is -3.40. The van der Waals surface area contributed by atoms with Crippen molar-refractivity contribution in [1.29, 1.82) is 0 Å². The second-order valence-corrected chi connectivity index (χ2v) is 7.93. The molecule has 0 atom stereocenters. The fraction of sp³-hybridized carbons (Fsp3) is 0.259. The van der Waals surface area contributed by atoms with Gasteiger partial charge >= 0.3 is 0 Å². The molecule has 0 saturated carbocycles. The van der Waals surface area contributed by atoms with E-state index in [9.17, 15) is 14.7 Å². The molecule has 0 spiro atoms. The normalized spacial score (nSPS) is 10.4. The third kappa shape index (κ3) is 7.10. The average Bonchev–Trinajstić information content (AvgIpc) is 2.78. The minimum absolute atomic E-state index is 0.0659. The number of aldehydes is 2. The van der Waals surface area contributed by atoms with Crippen molar-refractivity contribution in [3.8, 4) is 11.5 Å². The Labute approximate surface area is 184 Å². The van der Waals surface area contributed by atoms with Crippen LogP contribution in [0.25, 0.3) is 0 Å². The maximum atomic E-state index is 11.0. The van der Waals surface area contributed by atoms with Gasteiger partial charge in [0, 0.05) is 0 Å². The van der Waals surface area contributed by atoms with E-state index < -0.39 is 0 Å². The molecule has 0 aliphatic carbocycles. The van der Waals surface area contributed by atoms with Gasteiger partial charge in [0.25, 0.3) is 0 Å². The molecule has 1 N–H and O–H groups in total. The van der Waals surface area contributed by atoms with Crippen molar-refractivity contribution in [2.75, 3.05) is 0 Å². The van der Waals surface area contributed by atoms with E-state index in [1.54, 1.807) is 12.1 Å². The zero-order valence-corrected chi connectivity index (χ0v) is 18.5. The van der Waals surface area contributed by atoms with Gasteiger partial charge in [0.2, 0.25) is 0 Å². The summed E-state index contributed by atoms with van der Waals surface area (Å²) >= 11 is 0. The maximum absolute atomic E-state index is 11.0. The van der Waals surface area contributed by atoms with Crippen LogP contribution in [0.2, 0.25) is 0 Å². The van der Waals surface area contributed by atoms with Gasteiger partial charge in [0.15, 0.2) is 12.6 Å². The number of carbonyl (C=O) groups is 2. The van der Waals surface area contributed by atoms with E-state index in [-0.39, 0.29) is 5.75 Å². The minimum Gasteiger partial charge on any atom is -0.507 e. The number of rotatable bonds is 7. The molecule has 3 aromatic rings. The predicted molar refractivity (Wildman–Crippen MR) is 124 cm³/mol. The fourth-order valence-corrected chi connectivity index (χ4v) is 2.89. The second kappa shape index (κ2) is 11.7. The van der Waals surface area contributed by atoms with Crippen LogP contribution < -0.4 is 4.74 Å². The molecule has 162 valence electrons. The number of ether oxygens (including phenoxy) is 1. The SMILES string of the molecule is CC(C)c1ccc(C=O)c(O)c1.CC(C)c1ccc(C=O)c(OCc2ccccc2)c1. The number of hydrogen-bond acceptors (Lipinski definition) is 4. The number of carbonyl (C=O) groups excluding carboxylic acids is 2. The van der Waals surface area contributed by atoms with Crippen LogP contribution in [0.4, 0.5) is 0 Å². The number of phenolic OH excluding ortho intramolecular Hbond substituents is 1. The smallest absolute Gasteiger partial charge is 0.153 e. The van der Waals surface area contributed by atoms with Crippen LogP contribution in [0.3, 0.4) is 0 Å². The van der Waals surface area contributed by atoms with E-state index in [2.05, 4.69) is 13.8 Å². The summed E-state index contributed by atoms with van der Waals surface area (Å²) < 4.78 is 5.77. The zero-order valence-electron chi connectivity index (χ0n) is 18.5. The molecule has 3 aromatic carbocycles. The lowest BCUT2D eigenvalue weighted by Crippen LogP contribution is -1.99. The molecule has 0 fully saturated rings. The van der Waals surface area contributed by atoms with Crippen LogP contribution in [0.5, 0.6) is 11.5 Å². The monoisotopic (exact) mass is 418 g/mol. The molecule has 4 heteroatoms. The Bertz CT molecular complexity index is 991. The van der Waals surface area contributed by atoms with Crippen LogP contribution >= 0.6 is 0 Å². The molecule has 0 aromatic heterocycles. The van der Waals surface area contributed by atoms with E-state index in [0.717, 1.165) is 17.4 Å². The predicted octanol–water partition coefficient (Wildman–Crippen LogP) is 6.53. The van der Waals surface area contributed by atoms with E-state index in [0.29, 0.717) is 41.6 Å². The van der Waals surface area contributed by atoms with Gasteiger partial charge in [-0.2, -0.15) is 0 Å². The Kier molecular flexibility index (Phi) is 9.01. The van der Waals surface area contributed by atoms with Crippen molar-refractivity contribution < 1.29 is 19.4 Å². The molecule has 0 saturated heterocycles. The van der Waals surface area contributed by atoms with Gasteiger partial charge in [-0.15, -0.1) is 0 Å². The van der Waals surface area contributed by atoms with Gasteiger partial charge in [0.05, 0.1) is 11.1 Å². The highest BCUT2D eigenvalue weighted by molar-refractivity contribution is 5.79. The average molecular weight is 419 g/mol. The van der Waals surface area contributed by atoms with Gasteiger partial charge in [0.1, 0.15) is 18.1 Å². The molecule has 0 unspecified atom stereocenters. The highest BCUT2D eigenvalue weighted by Gasteiger charge is 2.07. The molecule has 0 amide bonds. The van der Waals surface area contributed by atoms with Crippen molar-refractivity contribution in [1.82, 2.24) is 0 Å². The highest BCUT2D eigenvalue weighted by Crippen LogP contribution is 2.25. The molecule has 31 heavy (non-hydrogen) atoms. The largest absolute Gasteiger partial charge is 0.507 e. The van der Waals surface area contributed by atoms with E-state index in [4.69, 9.17) is 4.74 Å². The lowest BCUT2D eigenvalue weighted by Gasteiger charge is -2.12. The van der Waals surface area contributed by atoms with Crippen LogP contribution in [0.1, 0.15) is 76.9 Å². The molecule has 0 aliphatic rings. The highest BCUT2D eigenvalue weighted by atomic mass is 16.5. The standard InChI is InChI=1S/C17H18O2.C10H12O2/c1-13(2)15-8-9-16(11-18)17(10-15)19-12-14-6-4-3-5-7-14;1-7(2)8-3-4-9(6-11)10(12)5-8/h3-11,13H,12H2,1-2H3;3-7,12H,1-2H3. The molecular weight excluding hydrogens is 388 g/mol. The van der Waals surface area contributed by atoms with E-state index in [1.165, 1.54) is 5.56 Å². The first-order valence-corrected chi connectivity index (χ1v) is 10.4. The summed E-state index contributed by atoms with van der Waals surface area (Å²) in [5.41, 5.74) is 4.25. The first kappa shape index (κ1) is 23.9. The first-order valence-electron chi connectivity index (χ1n) is 10.4. The second-order valence-electron chi connectivity index (χ2n) is 7.93. The molecule has 3 rings (SSSR count). The zero-order chi connectivity index (χ0) is 22.8. The number of benzene rings is 3. The summed E-state index contributed by atoms with van der Waals surface area (Å²) in [7, 11) is 0. The molecule has 0 aliphatic heterocycles. The minimum atomic E-state index is 0.0659. The summed E-state index contributed by atoms with van der Waals surface area (Å²) in [6, 6.07) is 20.8. The van der Waals surface area contributed by atoms with E-state index >= 15 is 0 Å². The summed E-state index contributed by atoms with van der Waals surface area (Å²) in [6.07, 6.45) is 1.49. The summed E-state index contributed by atoms with van der Waals surface area (Å²) in [5, 5.41) is 9.31. The van der Waals surface area contributed by atoms with Gasteiger partial charge in [-0.3, -0.25) is 9.59 Å². The Balaban J connectivity index is 0.000000245. The van der Waals surface area contributed by atoms with Gasteiger partial charge < -0.3 is 9.84 Å². The lowest BCUT2D eigenvalue weighted by atomic mass is 10.0. The van der Waals surface area contributed by atoms with Crippen LogP contribution in [0, 0.1) is 0 Å². The lowest BCUT2D eigenvalue weighted by molar-refractivity contribution is 0.111. The van der Waals surface area contributed by atoms with E-state index in [1.807, 2.05) is 68.4 Å². The van der Waals surface area contributed by atoms with Gasteiger partial charge in [-0.05, 0) is 52.8 Å². The third-order valence-corrected chi connectivity index (χ3v) is 4.92. The van der Waals surface area contributed by atoms with Crippen molar-refractivity contribution in [2.24, 2.45) is 0 Å². The Morgan fingerprint density at radius 1 is 0.774 bits per heavy atom. The molecule has 4 nitrogen and oxygen atoms in total. The summed E-state index contributed by atoms with van der Waals surface area (Å²) in [6.45, 7) is 8.79. The summed E-state index contributed by atoms with van der Waals surface area (Å²) in [4.78, 5) is 21.4. The van der Waals surface area contributed by atoms with Crippen LogP contribution in [0.15, 0.2) is 66.7 Å². The van der Waals surface area contributed by atoms with Crippen molar-refractivity contribution in [3.63, 3.8) is 0 Å². The number of aromatic hydroxyl groups is 1. The van der Waals surface area contributed by atoms with Gasteiger partial charge in [-0.25, -0.2) is 0 Å². The van der Waals surface area contributed by atoms with Crippen molar-refractivity contribution in [2.45, 2.75) is 46.1 Å². The van der Waals surface area contributed by atoms with Crippen molar-refractivity contribution in [3.05, 3.63) is 94.5 Å². The molecule has 0 bridgehead atoms. The quantitative estimate of drug-likeness (QED) is 0.443. The third-order valence-electron chi connectivity index (χ3n) is 4.92. The topological polar surface area (TPSA) is 63.6 Å². The first-order chi connectivity index (χ1) is 14.8. The molecule has 0 radical (unpaired) electrons. The van der Waals surface area contributed by atoms with Crippen LogP contribution in [-0.4, -0.2) is 17.7 Å². The number of hydrogen-bond donors (Lipinski definition) is 1. The van der Waals surface area contributed by atoms with Crippen molar-refractivity contribution >= 4 is 12.6 Å². The van der Waals surface area contributed by atoms with Crippen LogP contribution in [-0.2, 0) is 6.61 Å². The molecular formula is C27H30O4. The maximum Gasteiger partial charge on any atom is 0.153 e. The molecule has 0 heterocycles. The fourth-order valence-electron chi connectivity index (χ4n) is 2.89. The Morgan fingerprint density at radius 3 is 1.84 bits per heavy atom. The Morgan fingerprint density at radius 2 is 1.32 bits per heavy atom.